The smallest absolute Gasteiger partial charge is 0.335 e. The molecule has 1 aromatic carbocycles. The van der Waals surface area contributed by atoms with Crippen LogP contribution in [0.1, 0.15) is 10.4 Å². The molecule has 86 valence electrons. The van der Waals surface area contributed by atoms with Crippen LogP contribution in [-0.2, 0) is 0 Å². The van der Waals surface area contributed by atoms with Crippen molar-refractivity contribution in [1.82, 2.24) is 15.0 Å². The Bertz CT molecular complexity index is 545. The molecule has 0 aliphatic carbocycles. The van der Waals surface area contributed by atoms with E-state index < -0.39 is 5.97 Å². The molecule has 6 nitrogen and oxygen atoms in total. The van der Waals surface area contributed by atoms with Crippen LogP contribution in [0, 0.1) is 0 Å². The third-order valence-electron chi connectivity index (χ3n) is 1.83. The van der Waals surface area contributed by atoms with Crippen molar-refractivity contribution in [2.45, 2.75) is 0 Å². The zero-order valence-corrected chi connectivity index (χ0v) is 9.13. The molecule has 1 N–H and O–H groups in total. The van der Waals surface area contributed by atoms with Crippen molar-refractivity contribution < 1.29 is 14.6 Å². The first-order valence-electron chi connectivity index (χ1n) is 4.51. The Labute approximate surface area is 101 Å². The van der Waals surface area contributed by atoms with Crippen LogP contribution in [0.25, 0.3) is 0 Å². The highest BCUT2D eigenvalue weighted by atomic mass is 35.5. The van der Waals surface area contributed by atoms with E-state index in [1.165, 1.54) is 30.6 Å². The van der Waals surface area contributed by atoms with E-state index in [-0.39, 0.29) is 16.9 Å². The van der Waals surface area contributed by atoms with Gasteiger partial charge in [-0.2, -0.15) is 9.97 Å². The number of rotatable bonds is 3. The number of halogens is 1. The van der Waals surface area contributed by atoms with Crippen LogP contribution in [-0.4, -0.2) is 26.0 Å². The summed E-state index contributed by atoms with van der Waals surface area (Å²) < 4.78 is 5.25. The van der Waals surface area contributed by atoms with Crippen molar-refractivity contribution in [3.05, 3.63) is 41.4 Å². The number of carbonyl (C=O) groups is 1. The molecule has 1 heterocycles. The number of aromatic carboxylic acids is 1. The van der Waals surface area contributed by atoms with Gasteiger partial charge in [0.2, 0.25) is 5.28 Å². The number of carboxylic acids is 1. The Kier molecular flexibility index (Phi) is 3.15. The minimum atomic E-state index is -1.00. The van der Waals surface area contributed by atoms with Crippen LogP contribution < -0.4 is 4.74 Å². The van der Waals surface area contributed by atoms with Gasteiger partial charge in [-0.15, -0.1) is 0 Å². The largest absolute Gasteiger partial charge is 0.478 e. The molecule has 2 rings (SSSR count). The normalized spacial score (nSPS) is 9.94. The molecule has 0 aliphatic rings. The van der Waals surface area contributed by atoms with Crippen molar-refractivity contribution in [3.8, 4) is 11.8 Å². The summed E-state index contributed by atoms with van der Waals surface area (Å²) in [5.74, 6) is -0.586. The van der Waals surface area contributed by atoms with E-state index >= 15 is 0 Å². The van der Waals surface area contributed by atoms with Crippen molar-refractivity contribution in [2.75, 3.05) is 0 Å². The number of carboxylic acid groups (broad SMARTS) is 1. The van der Waals surface area contributed by atoms with Gasteiger partial charge in [0.15, 0.2) is 0 Å². The minimum Gasteiger partial charge on any atom is -0.478 e. The van der Waals surface area contributed by atoms with E-state index in [9.17, 15) is 4.79 Å². The highest BCUT2D eigenvalue weighted by Crippen LogP contribution is 2.18. The van der Waals surface area contributed by atoms with Crippen molar-refractivity contribution >= 4 is 17.6 Å². The van der Waals surface area contributed by atoms with Gasteiger partial charge in [0.1, 0.15) is 12.1 Å². The lowest BCUT2D eigenvalue weighted by atomic mass is 10.2. The van der Waals surface area contributed by atoms with Gasteiger partial charge in [-0.3, -0.25) is 0 Å². The SMILES string of the molecule is O=C(O)c1ccc(Oc2ncnc(Cl)n2)cc1. The third kappa shape index (κ3) is 2.88. The first-order chi connectivity index (χ1) is 8.15. The van der Waals surface area contributed by atoms with E-state index in [2.05, 4.69) is 15.0 Å². The highest BCUT2D eigenvalue weighted by Gasteiger charge is 2.04. The van der Waals surface area contributed by atoms with Crippen LogP contribution in [0.3, 0.4) is 0 Å². The first kappa shape index (κ1) is 11.3. The molecule has 0 saturated heterocycles. The van der Waals surface area contributed by atoms with Crippen molar-refractivity contribution in [2.24, 2.45) is 0 Å². The van der Waals surface area contributed by atoms with Gasteiger partial charge in [-0.1, -0.05) is 0 Å². The maximum absolute atomic E-state index is 10.6. The average Bonchev–Trinajstić information content (AvgIpc) is 2.29. The molecule has 1 aromatic heterocycles. The first-order valence-corrected chi connectivity index (χ1v) is 4.89. The molecule has 0 fully saturated rings. The summed E-state index contributed by atoms with van der Waals surface area (Å²) >= 11 is 5.56. The molecule has 0 unspecified atom stereocenters. The fourth-order valence-corrected chi connectivity index (χ4v) is 1.20. The Morgan fingerprint density at radius 3 is 2.53 bits per heavy atom. The molecule has 0 amide bonds. The second kappa shape index (κ2) is 4.75. The zero-order chi connectivity index (χ0) is 12.3. The number of ether oxygens (including phenoxy) is 1. The van der Waals surface area contributed by atoms with E-state index in [0.29, 0.717) is 5.75 Å². The predicted molar refractivity (Wildman–Crippen MR) is 58.3 cm³/mol. The van der Waals surface area contributed by atoms with Gasteiger partial charge in [0, 0.05) is 0 Å². The molecule has 17 heavy (non-hydrogen) atoms. The molecule has 2 aromatic rings. The maximum atomic E-state index is 10.6. The number of nitrogens with zero attached hydrogens (tertiary/aromatic N) is 3. The second-order valence-corrected chi connectivity index (χ2v) is 3.31. The molecule has 0 radical (unpaired) electrons. The van der Waals surface area contributed by atoms with Gasteiger partial charge in [-0.25, -0.2) is 9.78 Å². The summed E-state index contributed by atoms with van der Waals surface area (Å²) in [4.78, 5) is 21.7. The second-order valence-electron chi connectivity index (χ2n) is 2.97. The Morgan fingerprint density at radius 1 is 1.24 bits per heavy atom. The standard InChI is InChI=1S/C10H6ClN3O3/c11-9-12-5-13-10(14-9)17-7-3-1-6(2-4-7)8(15)16/h1-5H,(H,15,16). The highest BCUT2D eigenvalue weighted by molar-refractivity contribution is 6.28. The van der Waals surface area contributed by atoms with Crippen LogP contribution >= 0.6 is 11.6 Å². The summed E-state index contributed by atoms with van der Waals surface area (Å²) in [5, 5.41) is 8.74. The Hall–Kier alpha value is -2.21. The summed E-state index contributed by atoms with van der Waals surface area (Å²) in [7, 11) is 0. The van der Waals surface area contributed by atoms with Crippen molar-refractivity contribution in [1.29, 1.82) is 0 Å². The van der Waals surface area contributed by atoms with Gasteiger partial charge in [-0.05, 0) is 35.9 Å². The van der Waals surface area contributed by atoms with Gasteiger partial charge >= 0.3 is 12.0 Å². The molecule has 0 bridgehead atoms. The summed E-state index contributed by atoms with van der Waals surface area (Å²) in [5.41, 5.74) is 0.172. The lowest BCUT2D eigenvalue weighted by Gasteiger charge is -2.03. The monoisotopic (exact) mass is 251 g/mol. The number of hydrogen-bond acceptors (Lipinski definition) is 5. The topological polar surface area (TPSA) is 85.2 Å². The van der Waals surface area contributed by atoms with Crippen molar-refractivity contribution in [3.63, 3.8) is 0 Å². The fraction of sp³-hybridized carbons (Fsp3) is 0. The predicted octanol–water partition coefficient (Wildman–Crippen LogP) is 2.02. The number of aromatic nitrogens is 3. The summed E-state index contributed by atoms with van der Waals surface area (Å²) in [6, 6.07) is 5.89. The molecule has 0 atom stereocenters. The molecule has 0 spiro atoms. The van der Waals surface area contributed by atoms with Crippen LogP contribution in [0.4, 0.5) is 0 Å². The van der Waals surface area contributed by atoms with Gasteiger partial charge in [0.25, 0.3) is 0 Å². The van der Waals surface area contributed by atoms with Gasteiger partial charge < -0.3 is 9.84 Å². The average molecular weight is 252 g/mol. The number of benzene rings is 1. The fourth-order valence-electron chi connectivity index (χ4n) is 1.08. The van der Waals surface area contributed by atoms with E-state index in [1.807, 2.05) is 0 Å². The summed E-state index contributed by atoms with van der Waals surface area (Å²) in [6.07, 6.45) is 1.22. The van der Waals surface area contributed by atoms with Crippen LogP contribution in [0.15, 0.2) is 30.6 Å². The van der Waals surface area contributed by atoms with E-state index in [0.717, 1.165) is 0 Å². The molecular formula is C10H6ClN3O3. The third-order valence-corrected chi connectivity index (χ3v) is 2.01. The maximum Gasteiger partial charge on any atom is 0.335 e. The zero-order valence-electron chi connectivity index (χ0n) is 8.37. The lowest BCUT2D eigenvalue weighted by molar-refractivity contribution is 0.0697. The molecule has 0 saturated carbocycles. The van der Waals surface area contributed by atoms with Crippen LogP contribution in [0.5, 0.6) is 11.8 Å². The van der Waals surface area contributed by atoms with Crippen LogP contribution in [0.2, 0.25) is 5.28 Å². The summed E-state index contributed by atoms with van der Waals surface area (Å²) in [6.45, 7) is 0. The lowest BCUT2D eigenvalue weighted by Crippen LogP contribution is -1.96. The Balaban J connectivity index is 2.16. The molecule has 7 heteroatoms. The number of hydrogen-bond donors (Lipinski definition) is 1. The Morgan fingerprint density at radius 2 is 1.94 bits per heavy atom. The quantitative estimate of drug-likeness (QED) is 0.898. The molecular weight excluding hydrogens is 246 g/mol. The van der Waals surface area contributed by atoms with E-state index in [4.69, 9.17) is 21.4 Å². The van der Waals surface area contributed by atoms with E-state index in [1.54, 1.807) is 0 Å². The molecule has 0 aliphatic heterocycles. The minimum absolute atomic E-state index is 0.0251. The van der Waals surface area contributed by atoms with Gasteiger partial charge in [0.05, 0.1) is 5.56 Å².